The summed E-state index contributed by atoms with van der Waals surface area (Å²) >= 11 is 0. The van der Waals surface area contributed by atoms with Crippen molar-refractivity contribution in [2.24, 2.45) is 45.3 Å². The van der Waals surface area contributed by atoms with Crippen molar-refractivity contribution in [1.82, 2.24) is 0 Å². The van der Waals surface area contributed by atoms with Crippen LogP contribution in [-0.2, 0) is 18.9 Å². The Bertz CT molecular complexity index is 1390. The van der Waals surface area contributed by atoms with E-state index in [1.165, 1.54) is 12.5 Å². The van der Waals surface area contributed by atoms with Gasteiger partial charge in [0, 0.05) is 0 Å². The molecule has 8 unspecified atom stereocenters. The van der Waals surface area contributed by atoms with Crippen LogP contribution < -0.4 is 0 Å². The van der Waals surface area contributed by atoms with Crippen molar-refractivity contribution in [3.05, 3.63) is 11.6 Å². The highest BCUT2D eigenvalue weighted by molar-refractivity contribution is 5.22. The van der Waals surface area contributed by atoms with Crippen LogP contribution in [0.15, 0.2) is 11.6 Å². The quantitative estimate of drug-likeness (QED) is 0.121. The lowest BCUT2D eigenvalue weighted by Gasteiger charge is -2.72. The number of hydrogen-bond acceptors (Lipinski definition) is 13. The van der Waals surface area contributed by atoms with Crippen LogP contribution in [0.5, 0.6) is 0 Å². The molecule has 6 fully saturated rings. The zero-order chi connectivity index (χ0) is 40.8. The molecular weight excluding hydrogens is 712 g/mol. The smallest absolute Gasteiger partial charge is 0.187 e. The van der Waals surface area contributed by atoms with E-state index in [4.69, 9.17) is 18.9 Å². The van der Waals surface area contributed by atoms with Gasteiger partial charge in [0.1, 0.15) is 42.7 Å². The summed E-state index contributed by atoms with van der Waals surface area (Å²) in [6.45, 7) is 17.8. The summed E-state index contributed by atoms with van der Waals surface area (Å²) in [7, 11) is 0. The van der Waals surface area contributed by atoms with Crippen LogP contribution in [0.1, 0.15) is 114 Å². The number of aliphatic hydroxyl groups excluding tert-OH is 8. The van der Waals surface area contributed by atoms with Crippen LogP contribution in [0.3, 0.4) is 0 Å². The van der Waals surface area contributed by atoms with E-state index in [0.717, 1.165) is 19.3 Å². The van der Waals surface area contributed by atoms with Crippen LogP contribution in [0, 0.1) is 45.3 Å². The van der Waals surface area contributed by atoms with Crippen LogP contribution in [0.4, 0.5) is 0 Å². The Labute approximate surface area is 327 Å². The highest BCUT2D eigenvalue weighted by atomic mass is 16.8. The summed E-state index contributed by atoms with van der Waals surface area (Å²) in [5.74, 6) is -0.526. The van der Waals surface area contributed by atoms with Gasteiger partial charge in [-0.05, 0) is 124 Å². The molecule has 0 spiro atoms. The monoisotopic (exact) mass is 784 g/mol. The molecule has 318 valence electrons. The van der Waals surface area contributed by atoms with Crippen molar-refractivity contribution < 1.29 is 64.9 Å². The first-order valence-corrected chi connectivity index (χ1v) is 20.8. The van der Waals surface area contributed by atoms with E-state index in [1.807, 2.05) is 20.8 Å². The zero-order valence-electron chi connectivity index (χ0n) is 34.4. The number of ether oxygens (including phenoxy) is 4. The predicted molar refractivity (Wildman–Crippen MR) is 201 cm³/mol. The molecule has 2 saturated heterocycles. The molecule has 0 amide bonds. The van der Waals surface area contributed by atoms with E-state index < -0.39 is 114 Å². The number of fused-ring (bicyclic) bond motifs is 5. The zero-order valence-corrected chi connectivity index (χ0v) is 34.4. The highest BCUT2D eigenvalue weighted by Gasteiger charge is 2.73. The molecule has 0 bridgehead atoms. The number of allylic oxidation sites excluding steroid dienone is 2. The van der Waals surface area contributed by atoms with Crippen molar-refractivity contribution in [1.29, 1.82) is 0 Å². The summed E-state index contributed by atoms with van der Waals surface area (Å²) in [5.41, 5.74) is -1.71. The summed E-state index contributed by atoms with van der Waals surface area (Å²) < 4.78 is 25.1. The summed E-state index contributed by atoms with van der Waals surface area (Å²) in [5, 5.41) is 100. The van der Waals surface area contributed by atoms with Crippen LogP contribution in [0.25, 0.3) is 0 Å². The predicted octanol–water partition coefficient (Wildman–Crippen LogP) is 2.15. The molecule has 6 rings (SSSR count). The van der Waals surface area contributed by atoms with Crippen LogP contribution in [0.2, 0.25) is 0 Å². The van der Waals surface area contributed by atoms with Crippen molar-refractivity contribution in [2.45, 2.75) is 199 Å². The molecular formula is C42H72O13. The molecule has 4 aliphatic carbocycles. The van der Waals surface area contributed by atoms with E-state index in [9.17, 15) is 46.0 Å². The van der Waals surface area contributed by atoms with Gasteiger partial charge < -0.3 is 64.9 Å². The van der Waals surface area contributed by atoms with E-state index in [0.29, 0.717) is 32.1 Å². The summed E-state index contributed by atoms with van der Waals surface area (Å²) in [6, 6.07) is 0. The van der Waals surface area contributed by atoms with Gasteiger partial charge in [-0.1, -0.05) is 46.3 Å². The number of rotatable bonds is 9. The van der Waals surface area contributed by atoms with Crippen LogP contribution >= 0.6 is 0 Å². The van der Waals surface area contributed by atoms with E-state index in [1.54, 1.807) is 0 Å². The molecule has 0 radical (unpaired) electrons. The molecule has 55 heavy (non-hydrogen) atoms. The third kappa shape index (κ3) is 7.10. The second-order valence-corrected chi connectivity index (χ2v) is 20.3. The molecule has 4 saturated carbocycles. The Balaban J connectivity index is 1.38. The average Bonchev–Trinajstić information content (AvgIpc) is 3.49. The van der Waals surface area contributed by atoms with Crippen molar-refractivity contribution in [3.8, 4) is 0 Å². The molecule has 0 aromatic heterocycles. The fraction of sp³-hybridized carbons (Fsp3) is 0.952. The molecule has 0 aromatic carbocycles. The molecule has 13 heteroatoms. The lowest BCUT2D eigenvalue weighted by atomic mass is 9.34. The van der Waals surface area contributed by atoms with Gasteiger partial charge in [0.15, 0.2) is 12.6 Å². The Morgan fingerprint density at radius 1 is 0.818 bits per heavy atom. The number of aliphatic hydroxyl groups is 9. The molecule has 21 atom stereocenters. The van der Waals surface area contributed by atoms with E-state index >= 15 is 0 Å². The summed E-state index contributed by atoms with van der Waals surface area (Å²) in [4.78, 5) is 0. The molecule has 0 aromatic rings. The Hall–Kier alpha value is -0.780. The van der Waals surface area contributed by atoms with Crippen molar-refractivity contribution in [3.63, 3.8) is 0 Å². The van der Waals surface area contributed by atoms with Crippen molar-refractivity contribution in [2.75, 3.05) is 6.61 Å². The molecule has 9 N–H and O–H groups in total. The van der Waals surface area contributed by atoms with Gasteiger partial charge in [0.25, 0.3) is 0 Å². The summed E-state index contributed by atoms with van der Waals surface area (Å²) in [6.07, 6.45) is -8.99. The Kier molecular flexibility index (Phi) is 12.2. The van der Waals surface area contributed by atoms with Gasteiger partial charge in [0.05, 0.1) is 36.6 Å². The minimum absolute atomic E-state index is 0.0411. The molecule has 2 heterocycles. The minimum atomic E-state index is -1.70. The normalized spacial score (nSPS) is 53.4. The second kappa shape index (κ2) is 15.4. The maximum absolute atomic E-state index is 12.3. The minimum Gasteiger partial charge on any atom is -0.394 e. The largest absolute Gasteiger partial charge is 0.394 e. The molecule has 13 nitrogen and oxygen atoms in total. The van der Waals surface area contributed by atoms with Gasteiger partial charge in [-0.2, -0.15) is 0 Å². The third-order valence-electron chi connectivity index (χ3n) is 16.5. The van der Waals surface area contributed by atoms with E-state index in [-0.39, 0.29) is 23.7 Å². The SMILES string of the molecule is CC(C)=CCC[C@@](C)(O)C1CC[C@]2(C)C1C(O)CC1C3(C)CCC(O)C(C)(C)C3[C@@H](O[C@@H]3O[C@H](CO)[C@@H](O)[C@H](O)[C@H]3O[C@@H]3O[C@H](C)[C@@H](O)[C@@H](O)[C@H]3O)CC12C. The molecule has 2 aliphatic heterocycles. The maximum Gasteiger partial charge on any atom is 0.187 e. The van der Waals surface area contributed by atoms with Gasteiger partial charge in [0.2, 0.25) is 0 Å². The van der Waals surface area contributed by atoms with Gasteiger partial charge in [-0.15, -0.1) is 0 Å². The molecule has 6 aliphatic rings. The topological polar surface area (TPSA) is 219 Å². The lowest BCUT2D eigenvalue weighted by molar-refractivity contribution is -0.382. The Morgan fingerprint density at radius 2 is 1.49 bits per heavy atom. The third-order valence-corrected chi connectivity index (χ3v) is 16.5. The average molecular weight is 785 g/mol. The van der Waals surface area contributed by atoms with Crippen molar-refractivity contribution >= 4 is 0 Å². The Morgan fingerprint density at radius 3 is 2.13 bits per heavy atom. The second-order valence-electron chi connectivity index (χ2n) is 20.3. The fourth-order valence-electron chi connectivity index (χ4n) is 13.3. The maximum atomic E-state index is 12.3. The van der Waals surface area contributed by atoms with Gasteiger partial charge in [-0.3, -0.25) is 0 Å². The van der Waals surface area contributed by atoms with Crippen LogP contribution in [-0.4, -0.2) is 138 Å². The first kappa shape index (κ1) is 43.8. The standard InChI is InChI=1S/C42H72O13/c1-20(2)11-10-14-42(9,51)22-12-16-40(7)28(22)23(44)17-26-39(6)15-13-27(45)38(4,5)35(39)24(18-41(26,40)8)53-37-34(32(49)30(47)25(19-43)54-37)55-36-33(50)31(48)29(46)21(3)52-36/h11,21-37,43-51H,10,12-19H2,1-9H3/t21-,22?,23?,24+,25-,26?,27?,28?,29-,30-,31-,32+,33-,34-,35?,36+,37-,39?,40-,41?,42-/m1/s1. The van der Waals surface area contributed by atoms with E-state index in [2.05, 4.69) is 40.7 Å². The first-order chi connectivity index (χ1) is 25.5. The van der Waals surface area contributed by atoms with Gasteiger partial charge >= 0.3 is 0 Å². The van der Waals surface area contributed by atoms with Gasteiger partial charge in [-0.25, -0.2) is 0 Å². The highest BCUT2D eigenvalue weighted by Crippen LogP contribution is 2.76. The lowest BCUT2D eigenvalue weighted by Crippen LogP contribution is -2.71. The number of hydrogen-bond donors (Lipinski definition) is 9. The fourth-order valence-corrected chi connectivity index (χ4v) is 13.3. The first-order valence-electron chi connectivity index (χ1n) is 20.8.